The van der Waals surface area contributed by atoms with Crippen LogP contribution in [0.4, 0.5) is 5.95 Å². The molecule has 0 fully saturated rings. The quantitative estimate of drug-likeness (QED) is 0.808. The van der Waals surface area contributed by atoms with Crippen LogP contribution in [0.2, 0.25) is 0 Å². The molecule has 1 amide bonds. The van der Waals surface area contributed by atoms with Crippen molar-refractivity contribution in [1.82, 2.24) is 20.2 Å². The second-order valence-electron chi connectivity index (χ2n) is 3.45. The lowest BCUT2D eigenvalue weighted by Crippen LogP contribution is -2.12. The van der Waals surface area contributed by atoms with Gasteiger partial charge in [-0.3, -0.25) is 10.1 Å². The molecule has 0 spiro atoms. The van der Waals surface area contributed by atoms with Crippen molar-refractivity contribution in [3.05, 3.63) is 29.8 Å². The van der Waals surface area contributed by atoms with Crippen LogP contribution >= 0.6 is 0 Å². The van der Waals surface area contributed by atoms with Gasteiger partial charge in [-0.2, -0.15) is 4.68 Å². The first-order chi connectivity index (χ1) is 8.58. The Kier molecular flexibility index (Phi) is 3.00. The van der Waals surface area contributed by atoms with Crippen LogP contribution in [0.5, 0.6) is 0 Å². The molecule has 0 aliphatic carbocycles. The van der Waals surface area contributed by atoms with Crippen molar-refractivity contribution in [1.29, 1.82) is 0 Å². The van der Waals surface area contributed by atoms with Crippen LogP contribution in [-0.4, -0.2) is 37.2 Å². The number of benzene rings is 1. The van der Waals surface area contributed by atoms with Crippen molar-refractivity contribution in [2.45, 2.75) is 6.92 Å². The standard InChI is InChI=1S/C10H9N5O3/c1-6(16)11-10-12-13-14-15(10)8-4-2-3-7(5-8)9(17)18/h2-5H,1H3,(H,17,18)(H,11,12,14,16). The molecule has 0 bridgehead atoms. The lowest BCUT2D eigenvalue weighted by molar-refractivity contribution is -0.114. The largest absolute Gasteiger partial charge is 0.478 e. The molecule has 0 saturated heterocycles. The number of nitrogens with one attached hydrogen (secondary N) is 1. The van der Waals surface area contributed by atoms with Gasteiger partial charge in [0.1, 0.15) is 0 Å². The van der Waals surface area contributed by atoms with Gasteiger partial charge in [-0.05, 0) is 28.6 Å². The highest BCUT2D eigenvalue weighted by molar-refractivity contribution is 5.89. The van der Waals surface area contributed by atoms with Crippen LogP contribution in [0, 0.1) is 0 Å². The minimum Gasteiger partial charge on any atom is -0.478 e. The fraction of sp³-hybridized carbons (Fsp3) is 0.100. The van der Waals surface area contributed by atoms with Crippen LogP contribution in [0.25, 0.3) is 5.69 Å². The summed E-state index contributed by atoms with van der Waals surface area (Å²) < 4.78 is 1.24. The van der Waals surface area contributed by atoms with E-state index in [-0.39, 0.29) is 17.4 Å². The topological polar surface area (TPSA) is 110 Å². The second kappa shape index (κ2) is 4.62. The molecule has 18 heavy (non-hydrogen) atoms. The van der Waals surface area contributed by atoms with Gasteiger partial charge in [-0.25, -0.2) is 4.79 Å². The summed E-state index contributed by atoms with van der Waals surface area (Å²) in [5.41, 5.74) is 0.556. The molecule has 0 radical (unpaired) electrons. The van der Waals surface area contributed by atoms with E-state index in [0.29, 0.717) is 5.69 Å². The van der Waals surface area contributed by atoms with Crippen molar-refractivity contribution < 1.29 is 14.7 Å². The maximum atomic E-state index is 11.0. The van der Waals surface area contributed by atoms with Crippen LogP contribution in [-0.2, 0) is 4.79 Å². The Hall–Kier alpha value is -2.77. The molecule has 8 nitrogen and oxygen atoms in total. The zero-order valence-corrected chi connectivity index (χ0v) is 9.36. The number of amides is 1. The van der Waals surface area contributed by atoms with E-state index in [9.17, 15) is 9.59 Å². The Morgan fingerprint density at radius 3 is 2.83 bits per heavy atom. The smallest absolute Gasteiger partial charge is 0.335 e. The van der Waals surface area contributed by atoms with E-state index in [1.807, 2.05) is 0 Å². The van der Waals surface area contributed by atoms with E-state index in [0.717, 1.165) is 0 Å². The first-order valence-electron chi connectivity index (χ1n) is 4.97. The van der Waals surface area contributed by atoms with Crippen LogP contribution in [0.1, 0.15) is 17.3 Å². The van der Waals surface area contributed by atoms with Crippen LogP contribution in [0.15, 0.2) is 24.3 Å². The van der Waals surface area contributed by atoms with Crippen molar-refractivity contribution in [3.8, 4) is 5.69 Å². The summed E-state index contributed by atoms with van der Waals surface area (Å²) in [6.45, 7) is 1.33. The molecule has 2 rings (SSSR count). The summed E-state index contributed by atoms with van der Waals surface area (Å²) in [5.74, 6) is -1.24. The number of carboxylic acids is 1. The number of carbonyl (C=O) groups is 2. The normalized spacial score (nSPS) is 10.1. The third-order valence-corrected chi connectivity index (χ3v) is 2.10. The number of anilines is 1. The number of rotatable bonds is 3. The molecular weight excluding hydrogens is 238 g/mol. The van der Waals surface area contributed by atoms with Gasteiger partial charge >= 0.3 is 5.97 Å². The van der Waals surface area contributed by atoms with Crippen molar-refractivity contribution in [3.63, 3.8) is 0 Å². The molecule has 2 N–H and O–H groups in total. The number of aromatic nitrogens is 4. The molecule has 1 aromatic heterocycles. The maximum Gasteiger partial charge on any atom is 0.335 e. The van der Waals surface area contributed by atoms with Gasteiger partial charge in [-0.15, -0.1) is 0 Å². The van der Waals surface area contributed by atoms with Gasteiger partial charge < -0.3 is 5.11 Å². The summed E-state index contributed by atoms with van der Waals surface area (Å²) in [6, 6.07) is 6.06. The Labute approximate surface area is 101 Å². The van der Waals surface area contributed by atoms with Crippen molar-refractivity contribution in [2.75, 3.05) is 5.32 Å². The predicted octanol–water partition coefficient (Wildman–Crippen LogP) is 0.319. The van der Waals surface area contributed by atoms with Crippen molar-refractivity contribution in [2.24, 2.45) is 0 Å². The van der Waals surface area contributed by atoms with Gasteiger partial charge in [0.15, 0.2) is 0 Å². The van der Waals surface area contributed by atoms with Gasteiger partial charge in [-0.1, -0.05) is 11.2 Å². The highest BCUT2D eigenvalue weighted by Gasteiger charge is 2.11. The van der Waals surface area contributed by atoms with Gasteiger partial charge in [0.25, 0.3) is 5.95 Å². The monoisotopic (exact) mass is 247 g/mol. The molecule has 0 aliphatic heterocycles. The van der Waals surface area contributed by atoms with Crippen molar-refractivity contribution >= 4 is 17.8 Å². The number of hydrogen-bond acceptors (Lipinski definition) is 5. The van der Waals surface area contributed by atoms with Gasteiger partial charge in [0, 0.05) is 6.92 Å². The van der Waals surface area contributed by atoms with Crippen LogP contribution < -0.4 is 5.32 Å². The predicted molar refractivity (Wildman–Crippen MR) is 60.4 cm³/mol. The number of tetrazole rings is 1. The molecule has 8 heteroatoms. The molecule has 0 saturated carbocycles. The minimum absolute atomic E-state index is 0.108. The van der Waals surface area contributed by atoms with E-state index in [1.54, 1.807) is 12.1 Å². The van der Waals surface area contributed by atoms with E-state index in [4.69, 9.17) is 5.11 Å². The number of nitrogens with zero attached hydrogens (tertiary/aromatic N) is 4. The molecule has 0 aliphatic rings. The number of aromatic carboxylic acids is 1. The number of hydrogen-bond donors (Lipinski definition) is 2. The molecule has 92 valence electrons. The first-order valence-corrected chi connectivity index (χ1v) is 4.97. The number of carboxylic acid groups (broad SMARTS) is 1. The SMILES string of the molecule is CC(=O)Nc1nnnn1-c1cccc(C(=O)O)c1. The molecule has 2 aromatic rings. The number of carbonyl (C=O) groups excluding carboxylic acids is 1. The highest BCUT2D eigenvalue weighted by Crippen LogP contribution is 2.13. The first kappa shape index (κ1) is 11.7. The van der Waals surface area contributed by atoms with Gasteiger partial charge in [0.05, 0.1) is 11.3 Å². The summed E-state index contributed by atoms with van der Waals surface area (Å²) in [7, 11) is 0. The minimum atomic E-state index is -1.05. The maximum absolute atomic E-state index is 11.0. The third kappa shape index (κ3) is 2.32. The summed E-state index contributed by atoms with van der Waals surface area (Å²) in [4.78, 5) is 21.8. The van der Waals surface area contributed by atoms with E-state index < -0.39 is 5.97 Å². The average molecular weight is 247 g/mol. The Bertz CT molecular complexity index is 607. The van der Waals surface area contributed by atoms with E-state index in [2.05, 4.69) is 20.8 Å². The molecule has 0 atom stereocenters. The highest BCUT2D eigenvalue weighted by atomic mass is 16.4. The molecule has 0 unspecified atom stereocenters. The zero-order chi connectivity index (χ0) is 13.1. The lowest BCUT2D eigenvalue weighted by atomic mass is 10.2. The molecular formula is C10H9N5O3. The Morgan fingerprint density at radius 2 is 2.17 bits per heavy atom. The third-order valence-electron chi connectivity index (χ3n) is 2.10. The molecule has 1 aromatic carbocycles. The fourth-order valence-electron chi connectivity index (χ4n) is 1.37. The summed E-state index contributed by atoms with van der Waals surface area (Å²) >= 11 is 0. The van der Waals surface area contributed by atoms with Gasteiger partial charge in [0.2, 0.25) is 5.91 Å². The Balaban J connectivity index is 2.42. The zero-order valence-electron chi connectivity index (χ0n) is 9.36. The Morgan fingerprint density at radius 1 is 1.39 bits per heavy atom. The lowest BCUT2D eigenvalue weighted by Gasteiger charge is -2.04. The summed E-state index contributed by atoms with van der Waals surface area (Å²) in [6.07, 6.45) is 0. The second-order valence-corrected chi connectivity index (χ2v) is 3.45. The fourth-order valence-corrected chi connectivity index (χ4v) is 1.37. The average Bonchev–Trinajstić information content (AvgIpc) is 2.76. The molecule has 1 heterocycles. The van der Waals surface area contributed by atoms with E-state index in [1.165, 1.54) is 23.7 Å². The van der Waals surface area contributed by atoms with E-state index >= 15 is 0 Å². The summed E-state index contributed by atoms with van der Waals surface area (Å²) in [5, 5.41) is 22.1. The van der Waals surface area contributed by atoms with Crippen LogP contribution in [0.3, 0.4) is 0 Å².